The van der Waals surface area contributed by atoms with Gasteiger partial charge in [0.1, 0.15) is 6.10 Å². The van der Waals surface area contributed by atoms with Crippen molar-refractivity contribution in [2.45, 2.75) is 93.3 Å². The summed E-state index contributed by atoms with van der Waals surface area (Å²) in [5.41, 5.74) is 9.14. The highest BCUT2D eigenvalue weighted by Crippen LogP contribution is 2.69. The topological polar surface area (TPSA) is 91.8 Å². The van der Waals surface area contributed by atoms with Gasteiger partial charge in [-0.15, -0.1) is 0 Å². The summed E-state index contributed by atoms with van der Waals surface area (Å²) >= 11 is 0. The molecular formula is C32H39N3O3. The molecule has 0 radical (unpaired) electrons. The van der Waals surface area contributed by atoms with E-state index >= 15 is 0 Å². The predicted octanol–water partition coefficient (Wildman–Crippen LogP) is 3.82. The number of rotatable bonds is 2. The van der Waals surface area contributed by atoms with Crippen LogP contribution in [0.25, 0.3) is 10.8 Å². The molecule has 200 valence electrons. The third-order valence-corrected chi connectivity index (χ3v) is 11.6. The van der Waals surface area contributed by atoms with Crippen LogP contribution in [-0.4, -0.2) is 68.7 Å². The van der Waals surface area contributed by atoms with Gasteiger partial charge in [0.25, 0.3) is 0 Å². The second-order valence-electron chi connectivity index (χ2n) is 13.4. The maximum Gasteiger partial charge on any atom is 0.105 e. The number of nitrogens with two attached hydrogens (primary N) is 1. The van der Waals surface area contributed by atoms with Gasteiger partial charge in [-0.3, -0.25) is 9.88 Å². The second-order valence-corrected chi connectivity index (χ2v) is 13.4. The molecule has 9 atom stereocenters. The fraction of sp³-hybridized carbons (Fsp3) is 0.594. The molecule has 3 aliphatic heterocycles. The SMILES string of the molecule is C[C@]12CC=C3C=C4[C@@H](O)[C@@H](O)C(N5CC[C@@H](N)C5)C[C@]45CCC3(O5)[C@@H]1CCC2c1ccc2ccncc2c1. The molecule has 2 saturated heterocycles. The molecule has 6 aliphatic rings. The van der Waals surface area contributed by atoms with Crippen LogP contribution in [0.1, 0.15) is 63.4 Å². The first-order valence-corrected chi connectivity index (χ1v) is 14.7. The van der Waals surface area contributed by atoms with E-state index in [1.165, 1.54) is 28.3 Å². The van der Waals surface area contributed by atoms with Crippen LogP contribution in [0.5, 0.6) is 0 Å². The Morgan fingerprint density at radius 2 is 2.00 bits per heavy atom. The van der Waals surface area contributed by atoms with E-state index in [9.17, 15) is 10.2 Å². The quantitative estimate of drug-likeness (QED) is 0.566. The number of ether oxygens (including phenoxy) is 1. The number of hydrogen-bond acceptors (Lipinski definition) is 6. The number of allylic oxidation sites excluding steroid dienone is 1. The van der Waals surface area contributed by atoms with Crippen molar-refractivity contribution in [1.82, 2.24) is 9.88 Å². The zero-order chi connectivity index (χ0) is 25.9. The van der Waals surface area contributed by atoms with E-state index in [2.05, 4.69) is 53.2 Å². The summed E-state index contributed by atoms with van der Waals surface area (Å²) in [5, 5.41) is 25.1. The predicted molar refractivity (Wildman–Crippen MR) is 146 cm³/mol. The molecule has 1 aromatic heterocycles. The molecule has 3 aliphatic carbocycles. The van der Waals surface area contributed by atoms with Gasteiger partial charge in [0.15, 0.2) is 0 Å². The molecule has 0 amide bonds. The fourth-order valence-electron chi connectivity index (χ4n) is 9.76. The first-order valence-electron chi connectivity index (χ1n) is 14.7. The number of aliphatic hydroxyl groups is 2. The van der Waals surface area contributed by atoms with E-state index in [-0.39, 0.29) is 23.1 Å². The lowest BCUT2D eigenvalue weighted by Crippen LogP contribution is -2.62. The van der Waals surface area contributed by atoms with Crippen LogP contribution in [0.2, 0.25) is 0 Å². The summed E-state index contributed by atoms with van der Waals surface area (Å²) in [6.07, 6.45) is 13.7. The first-order chi connectivity index (χ1) is 18.3. The minimum absolute atomic E-state index is 0.115. The summed E-state index contributed by atoms with van der Waals surface area (Å²) in [4.78, 5) is 6.67. The Morgan fingerprint density at radius 3 is 2.84 bits per heavy atom. The van der Waals surface area contributed by atoms with E-state index < -0.39 is 17.8 Å². The maximum atomic E-state index is 11.4. The minimum atomic E-state index is -0.890. The smallest absolute Gasteiger partial charge is 0.105 e. The highest BCUT2D eigenvalue weighted by molar-refractivity contribution is 5.82. The monoisotopic (exact) mass is 513 g/mol. The van der Waals surface area contributed by atoms with Gasteiger partial charge in [-0.25, -0.2) is 0 Å². The number of hydrogen-bond donors (Lipinski definition) is 3. The summed E-state index contributed by atoms with van der Waals surface area (Å²) in [7, 11) is 0. The van der Waals surface area contributed by atoms with Crippen molar-refractivity contribution in [2.75, 3.05) is 13.1 Å². The summed E-state index contributed by atoms with van der Waals surface area (Å²) in [6.45, 7) is 4.15. The molecule has 6 heteroatoms. The van der Waals surface area contributed by atoms with Crippen molar-refractivity contribution in [1.29, 1.82) is 0 Å². The maximum absolute atomic E-state index is 11.4. The Morgan fingerprint density at radius 1 is 1.11 bits per heavy atom. The molecule has 2 spiro atoms. The van der Waals surface area contributed by atoms with Crippen molar-refractivity contribution in [3.63, 3.8) is 0 Å². The van der Waals surface area contributed by atoms with Crippen LogP contribution in [0.15, 0.2) is 60.0 Å². The molecule has 6 nitrogen and oxygen atoms in total. The van der Waals surface area contributed by atoms with Crippen LogP contribution in [-0.2, 0) is 4.74 Å². The van der Waals surface area contributed by atoms with Crippen LogP contribution in [0.4, 0.5) is 0 Å². The Bertz CT molecular complexity index is 1370. The van der Waals surface area contributed by atoms with Gasteiger partial charge in [-0.05, 0) is 96.4 Å². The zero-order valence-electron chi connectivity index (χ0n) is 22.2. The average molecular weight is 514 g/mol. The van der Waals surface area contributed by atoms with Gasteiger partial charge in [-0.2, -0.15) is 0 Å². The molecule has 4 N–H and O–H groups in total. The lowest BCUT2D eigenvalue weighted by molar-refractivity contribution is -0.167. The molecule has 3 unspecified atom stereocenters. The number of aliphatic hydroxyl groups excluding tert-OH is 2. The van der Waals surface area contributed by atoms with Gasteiger partial charge < -0.3 is 20.7 Å². The molecule has 1 aromatic carbocycles. The second kappa shape index (κ2) is 7.98. The number of likely N-dealkylation sites (tertiary alicyclic amines) is 1. The largest absolute Gasteiger partial charge is 0.388 e. The van der Waals surface area contributed by atoms with Crippen LogP contribution in [0, 0.1) is 11.3 Å². The highest BCUT2D eigenvalue weighted by Gasteiger charge is 2.68. The normalized spacial score (nSPS) is 45.9. The Balaban J connectivity index is 1.16. The van der Waals surface area contributed by atoms with Crippen molar-refractivity contribution >= 4 is 10.8 Å². The van der Waals surface area contributed by atoms with Crippen molar-refractivity contribution in [3.8, 4) is 0 Å². The van der Waals surface area contributed by atoms with Gasteiger partial charge in [0.05, 0.1) is 17.3 Å². The minimum Gasteiger partial charge on any atom is -0.388 e. The van der Waals surface area contributed by atoms with Gasteiger partial charge in [0.2, 0.25) is 0 Å². The highest BCUT2D eigenvalue weighted by atomic mass is 16.5. The van der Waals surface area contributed by atoms with E-state index in [0.717, 1.165) is 57.2 Å². The lowest BCUT2D eigenvalue weighted by Gasteiger charge is -2.56. The van der Waals surface area contributed by atoms with Crippen LogP contribution >= 0.6 is 0 Å². The van der Waals surface area contributed by atoms with Gasteiger partial charge >= 0.3 is 0 Å². The molecule has 2 aromatic rings. The number of benzene rings is 1. The Kier molecular flexibility index (Phi) is 4.99. The van der Waals surface area contributed by atoms with Crippen LogP contribution < -0.4 is 5.73 Å². The van der Waals surface area contributed by atoms with Crippen molar-refractivity contribution in [2.24, 2.45) is 17.1 Å². The molecular weight excluding hydrogens is 474 g/mol. The molecule has 4 fully saturated rings. The molecule has 2 saturated carbocycles. The van der Waals surface area contributed by atoms with Gasteiger partial charge in [0, 0.05) is 43.0 Å². The average Bonchev–Trinajstić information content (AvgIpc) is 3.60. The summed E-state index contributed by atoms with van der Waals surface area (Å²) in [5.74, 6) is 0.914. The zero-order valence-corrected chi connectivity index (χ0v) is 22.2. The van der Waals surface area contributed by atoms with E-state index in [1.807, 2.05) is 12.4 Å². The van der Waals surface area contributed by atoms with E-state index in [1.54, 1.807) is 0 Å². The molecule has 38 heavy (non-hydrogen) atoms. The van der Waals surface area contributed by atoms with E-state index in [0.29, 0.717) is 11.8 Å². The summed E-state index contributed by atoms with van der Waals surface area (Å²) < 4.78 is 7.37. The Labute approximate surface area is 224 Å². The third-order valence-electron chi connectivity index (χ3n) is 11.6. The summed E-state index contributed by atoms with van der Waals surface area (Å²) in [6, 6.07) is 9.06. The fourth-order valence-corrected chi connectivity index (χ4v) is 9.76. The molecule has 4 heterocycles. The van der Waals surface area contributed by atoms with Crippen molar-refractivity contribution < 1.29 is 14.9 Å². The van der Waals surface area contributed by atoms with Crippen LogP contribution in [0.3, 0.4) is 0 Å². The van der Waals surface area contributed by atoms with E-state index in [4.69, 9.17) is 10.5 Å². The standard InChI is InChI=1S/C32H39N3O3/c1-30-9-6-22-15-25-28(36)29(37)26(35-13-8-23(33)18-35)16-31(25)10-11-32(22,38-31)27(30)5-4-24(30)20-3-2-19-7-12-34-17-21(19)14-20/h2-3,6-7,12,14-15,17,23-24,26-29,36-37H,4-5,8-11,13,16,18,33H2,1H3/t23-,24?,26?,27-,28-,29+,30-,31-,32?/m1/s1. The number of pyridine rings is 1. The van der Waals surface area contributed by atoms with Gasteiger partial charge in [-0.1, -0.05) is 31.2 Å². The van der Waals surface area contributed by atoms with Crippen molar-refractivity contribution in [3.05, 3.63) is 65.5 Å². The number of nitrogens with zero attached hydrogens (tertiary/aromatic N) is 2. The Hall–Kier alpha value is -2.09. The third kappa shape index (κ3) is 3.04. The first kappa shape index (κ1) is 23.8. The lowest BCUT2D eigenvalue weighted by atomic mass is 9.58. The molecule has 2 bridgehead atoms. The number of fused-ring (bicyclic) bond motifs is 2. The number of aromatic nitrogens is 1. The molecule has 8 rings (SSSR count).